The average molecular weight is 287 g/mol. The molecule has 0 atom stereocenters. The fraction of sp³-hybridized carbons (Fsp3) is 0.0833. The van der Waals surface area contributed by atoms with Gasteiger partial charge < -0.3 is 0 Å². The molecule has 98 valence electrons. The summed E-state index contributed by atoms with van der Waals surface area (Å²) in [7, 11) is 0. The molecule has 3 nitrogen and oxygen atoms in total. The Morgan fingerprint density at radius 1 is 1.21 bits per heavy atom. The molecule has 0 unspecified atom stereocenters. The van der Waals surface area contributed by atoms with Crippen molar-refractivity contribution in [2.75, 3.05) is 0 Å². The molecular weight excluding hydrogens is 281 g/mol. The van der Waals surface area contributed by atoms with Crippen molar-refractivity contribution in [3.05, 3.63) is 59.4 Å². The molecule has 1 aromatic carbocycles. The molecule has 0 saturated heterocycles. The molecule has 0 aliphatic heterocycles. The summed E-state index contributed by atoms with van der Waals surface area (Å²) < 4.78 is 39.0. The third kappa shape index (κ3) is 2.90. The highest BCUT2D eigenvalue weighted by atomic mass is 35.5. The number of halogens is 4. The summed E-state index contributed by atoms with van der Waals surface area (Å²) in [6.07, 6.45) is 1.82. The minimum absolute atomic E-state index is 0.0402. The number of ketones is 1. The molecule has 0 aliphatic rings. The van der Waals surface area contributed by atoms with Gasteiger partial charge in [-0.1, -0.05) is 0 Å². The standard InChI is InChI=1S/C12H6ClF3N2O/c13-12(15,16)11-9(5-17-6-18-11)10(19)7-1-3-8(14)4-2-7/h1-6H. The summed E-state index contributed by atoms with van der Waals surface area (Å²) in [4.78, 5) is 18.9. The lowest BCUT2D eigenvalue weighted by molar-refractivity contribution is 0.0852. The average Bonchev–Trinajstić information content (AvgIpc) is 2.38. The molecule has 0 radical (unpaired) electrons. The lowest BCUT2D eigenvalue weighted by atomic mass is 10.0. The van der Waals surface area contributed by atoms with E-state index in [0.29, 0.717) is 0 Å². The highest BCUT2D eigenvalue weighted by Crippen LogP contribution is 2.33. The first-order chi connectivity index (χ1) is 8.89. The molecule has 7 heteroatoms. The first-order valence-electron chi connectivity index (χ1n) is 5.07. The third-order valence-corrected chi connectivity index (χ3v) is 2.51. The van der Waals surface area contributed by atoms with E-state index in [1.54, 1.807) is 0 Å². The van der Waals surface area contributed by atoms with Crippen molar-refractivity contribution >= 4 is 17.4 Å². The van der Waals surface area contributed by atoms with Crippen LogP contribution in [-0.4, -0.2) is 15.8 Å². The number of carbonyl (C=O) groups is 1. The Kier molecular flexibility index (Phi) is 3.53. The van der Waals surface area contributed by atoms with Gasteiger partial charge in [-0.05, 0) is 35.9 Å². The van der Waals surface area contributed by atoms with Gasteiger partial charge in [-0.25, -0.2) is 14.4 Å². The van der Waals surface area contributed by atoms with E-state index in [0.717, 1.165) is 24.7 Å². The van der Waals surface area contributed by atoms with Crippen LogP contribution in [-0.2, 0) is 5.38 Å². The molecule has 2 rings (SSSR count). The van der Waals surface area contributed by atoms with Crippen LogP contribution in [0.1, 0.15) is 21.6 Å². The zero-order valence-corrected chi connectivity index (χ0v) is 10.0. The van der Waals surface area contributed by atoms with Crippen LogP contribution in [0.4, 0.5) is 13.2 Å². The summed E-state index contributed by atoms with van der Waals surface area (Å²) >= 11 is 4.88. The van der Waals surface area contributed by atoms with Crippen molar-refractivity contribution in [1.82, 2.24) is 9.97 Å². The van der Waals surface area contributed by atoms with Crippen LogP contribution in [0, 0.1) is 5.82 Å². The topological polar surface area (TPSA) is 42.9 Å². The second-order valence-corrected chi connectivity index (χ2v) is 4.09. The maximum Gasteiger partial charge on any atom is 0.365 e. The Hall–Kier alpha value is -1.95. The van der Waals surface area contributed by atoms with Gasteiger partial charge in [-0.3, -0.25) is 4.79 Å². The first kappa shape index (κ1) is 13.5. The van der Waals surface area contributed by atoms with Crippen molar-refractivity contribution < 1.29 is 18.0 Å². The Morgan fingerprint density at radius 2 is 1.84 bits per heavy atom. The van der Waals surface area contributed by atoms with E-state index in [4.69, 9.17) is 11.6 Å². The number of benzene rings is 1. The van der Waals surface area contributed by atoms with Crippen LogP contribution in [0.25, 0.3) is 0 Å². The fourth-order valence-corrected chi connectivity index (χ4v) is 1.63. The fourth-order valence-electron chi connectivity index (χ4n) is 1.48. The van der Waals surface area contributed by atoms with Gasteiger partial charge in [0.15, 0.2) is 5.78 Å². The van der Waals surface area contributed by atoms with Crippen LogP contribution >= 0.6 is 11.6 Å². The monoisotopic (exact) mass is 286 g/mol. The van der Waals surface area contributed by atoms with E-state index >= 15 is 0 Å². The first-order valence-corrected chi connectivity index (χ1v) is 5.45. The zero-order chi connectivity index (χ0) is 14.0. The van der Waals surface area contributed by atoms with E-state index in [1.165, 1.54) is 12.1 Å². The van der Waals surface area contributed by atoms with Gasteiger partial charge in [0.1, 0.15) is 17.8 Å². The van der Waals surface area contributed by atoms with E-state index in [2.05, 4.69) is 9.97 Å². The quantitative estimate of drug-likeness (QED) is 0.643. The normalized spacial score (nSPS) is 11.4. The number of nitrogens with zero attached hydrogens (tertiary/aromatic N) is 2. The number of aromatic nitrogens is 2. The van der Waals surface area contributed by atoms with Crippen LogP contribution in [0.2, 0.25) is 0 Å². The summed E-state index contributed by atoms with van der Waals surface area (Å²) in [6, 6.07) is 4.47. The zero-order valence-electron chi connectivity index (χ0n) is 9.28. The van der Waals surface area contributed by atoms with Gasteiger partial charge in [0.2, 0.25) is 0 Å². The maximum absolute atomic E-state index is 13.1. The summed E-state index contributed by atoms with van der Waals surface area (Å²) in [5.74, 6) is -1.29. The molecule has 0 amide bonds. The minimum Gasteiger partial charge on any atom is -0.288 e. The summed E-state index contributed by atoms with van der Waals surface area (Å²) in [5, 5.41) is -3.78. The van der Waals surface area contributed by atoms with Crippen molar-refractivity contribution in [3.8, 4) is 0 Å². The Morgan fingerprint density at radius 3 is 2.42 bits per heavy atom. The number of alkyl halides is 3. The lowest BCUT2D eigenvalue weighted by Crippen LogP contribution is -2.15. The molecule has 0 N–H and O–H groups in total. The van der Waals surface area contributed by atoms with Crippen LogP contribution in [0.5, 0.6) is 0 Å². The van der Waals surface area contributed by atoms with Crippen LogP contribution < -0.4 is 0 Å². The second-order valence-electron chi connectivity index (χ2n) is 3.62. The predicted molar refractivity (Wildman–Crippen MR) is 61.6 cm³/mol. The molecular formula is C12H6ClF3N2O. The van der Waals surface area contributed by atoms with Crippen LogP contribution in [0.3, 0.4) is 0 Å². The van der Waals surface area contributed by atoms with Crippen molar-refractivity contribution in [2.24, 2.45) is 0 Å². The Bertz CT molecular complexity index is 611. The third-order valence-electron chi connectivity index (χ3n) is 2.33. The molecule has 0 aliphatic carbocycles. The van der Waals surface area contributed by atoms with E-state index in [9.17, 15) is 18.0 Å². The van der Waals surface area contributed by atoms with Crippen molar-refractivity contribution in [1.29, 1.82) is 0 Å². The van der Waals surface area contributed by atoms with E-state index in [-0.39, 0.29) is 5.56 Å². The van der Waals surface area contributed by atoms with Gasteiger partial charge in [-0.2, -0.15) is 8.78 Å². The smallest absolute Gasteiger partial charge is 0.288 e. The molecule has 2 aromatic rings. The molecule has 19 heavy (non-hydrogen) atoms. The van der Waals surface area contributed by atoms with Gasteiger partial charge in [-0.15, -0.1) is 0 Å². The lowest BCUT2D eigenvalue weighted by Gasteiger charge is -2.11. The van der Waals surface area contributed by atoms with Gasteiger partial charge >= 0.3 is 5.38 Å². The molecule has 0 spiro atoms. The Balaban J connectivity index is 2.48. The largest absolute Gasteiger partial charge is 0.365 e. The van der Waals surface area contributed by atoms with E-state index < -0.39 is 28.2 Å². The van der Waals surface area contributed by atoms with Crippen LogP contribution in [0.15, 0.2) is 36.8 Å². The van der Waals surface area contributed by atoms with E-state index in [1.807, 2.05) is 0 Å². The number of carbonyl (C=O) groups excluding carboxylic acids is 1. The summed E-state index contributed by atoms with van der Waals surface area (Å²) in [6.45, 7) is 0. The number of rotatable bonds is 3. The van der Waals surface area contributed by atoms with Crippen molar-refractivity contribution in [2.45, 2.75) is 5.38 Å². The van der Waals surface area contributed by atoms with Crippen molar-refractivity contribution in [3.63, 3.8) is 0 Å². The predicted octanol–water partition coefficient (Wildman–Crippen LogP) is 3.13. The molecule has 0 fully saturated rings. The molecule has 0 saturated carbocycles. The minimum atomic E-state index is -3.78. The van der Waals surface area contributed by atoms with Gasteiger partial charge in [0.25, 0.3) is 0 Å². The highest BCUT2D eigenvalue weighted by Gasteiger charge is 2.35. The summed E-state index contributed by atoms with van der Waals surface area (Å²) in [5.41, 5.74) is -1.26. The molecule has 1 heterocycles. The maximum atomic E-state index is 13.1. The molecule has 1 aromatic heterocycles. The van der Waals surface area contributed by atoms with Gasteiger partial charge in [0.05, 0.1) is 5.56 Å². The highest BCUT2D eigenvalue weighted by molar-refractivity contribution is 6.22. The number of hydrogen-bond donors (Lipinski definition) is 0. The number of hydrogen-bond acceptors (Lipinski definition) is 3. The molecule has 0 bridgehead atoms. The van der Waals surface area contributed by atoms with Gasteiger partial charge in [0, 0.05) is 11.8 Å². The second kappa shape index (κ2) is 4.97. The SMILES string of the molecule is O=C(c1ccc(F)cc1)c1cncnc1C(F)(F)Cl. The Labute approximate surface area is 111 Å².